The van der Waals surface area contributed by atoms with Gasteiger partial charge in [0.1, 0.15) is 5.82 Å². The van der Waals surface area contributed by atoms with E-state index in [1.54, 1.807) is 18.3 Å². The van der Waals surface area contributed by atoms with Crippen molar-refractivity contribution in [2.45, 2.75) is 20.3 Å². The van der Waals surface area contributed by atoms with Crippen LogP contribution in [0.3, 0.4) is 0 Å². The molecule has 1 N–H and O–H groups in total. The standard InChI is InChI=1S/C21H26ClN3O4/c1-3-9-29-20-17(22)12-15(13-18(20)28-4-2)21(26)24-16-5-6-19(23-14-16)25-7-10-27-11-8-25/h5-6,12-14H,3-4,7-11H2,1-2H3,(H,24,26). The maximum Gasteiger partial charge on any atom is 0.255 e. The molecule has 0 unspecified atom stereocenters. The molecule has 7 nitrogen and oxygen atoms in total. The smallest absolute Gasteiger partial charge is 0.255 e. The highest BCUT2D eigenvalue weighted by Gasteiger charge is 2.17. The quantitative estimate of drug-likeness (QED) is 0.696. The molecule has 0 atom stereocenters. The van der Waals surface area contributed by atoms with Crippen molar-refractivity contribution >= 4 is 29.0 Å². The minimum Gasteiger partial charge on any atom is -0.490 e. The minimum absolute atomic E-state index is 0.296. The van der Waals surface area contributed by atoms with E-state index in [1.807, 2.05) is 26.0 Å². The summed E-state index contributed by atoms with van der Waals surface area (Å²) in [5, 5.41) is 3.19. The first-order valence-corrected chi connectivity index (χ1v) is 10.2. The van der Waals surface area contributed by atoms with Gasteiger partial charge < -0.3 is 24.4 Å². The fourth-order valence-electron chi connectivity index (χ4n) is 2.95. The second-order valence-electron chi connectivity index (χ2n) is 6.53. The number of morpholine rings is 1. The predicted octanol–water partition coefficient (Wildman–Crippen LogP) is 4.01. The molecule has 1 aromatic carbocycles. The number of rotatable bonds is 8. The van der Waals surface area contributed by atoms with Gasteiger partial charge in [-0.3, -0.25) is 4.79 Å². The Morgan fingerprint density at radius 2 is 2.03 bits per heavy atom. The fourth-order valence-corrected chi connectivity index (χ4v) is 3.21. The van der Waals surface area contributed by atoms with Crippen molar-refractivity contribution in [1.82, 2.24) is 4.98 Å². The van der Waals surface area contributed by atoms with Gasteiger partial charge in [0.05, 0.1) is 43.3 Å². The number of benzene rings is 1. The summed E-state index contributed by atoms with van der Waals surface area (Å²) in [5.74, 6) is 1.49. The Bertz CT molecular complexity index is 823. The Kier molecular flexibility index (Phi) is 7.55. The van der Waals surface area contributed by atoms with Crippen LogP contribution in [0.4, 0.5) is 11.5 Å². The highest BCUT2D eigenvalue weighted by Crippen LogP contribution is 2.37. The molecule has 1 aromatic heterocycles. The van der Waals surface area contributed by atoms with Crippen LogP contribution in [0.2, 0.25) is 5.02 Å². The second kappa shape index (κ2) is 10.3. The molecule has 156 valence electrons. The van der Waals surface area contributed by atoms with E-state index < -0.39 is 0 Å². The zero-order chi connectivity index (χ0) is 20.6. The molecule has 29 heavy (non-hydrogen) atoms. The van der Waals surface area contributed by atoms with Gasteiger partial charge in [-0.05, 0) is 37.6 Å². The summed E-state index contributed by atoms with van der Waals surface area (Å²) in [7, 11) is 0. The first kappa shape index (κ1) is 21.2. The third kappa shape index (κ3) is 5.52. The number of carbonyl (C=O) groups excluding carboxylic acids is 1. The normalized spacial score (nSPS) is 13.8. The van der Waals surface area contributed by atoms with Crippen LogP contribution in [0.5, 0.6) is 11.5 Å². The lowest BCUT2D eigenvalue weighted by molar-refractivity contribution is 0.102. The molecule has 0 radical (unpaired) electrons. The Hall–Kier alpha value is -2.51. The van der Waals surface area contributed by atoms with E-state index in [1.165, 1.54) is 0 Å². The van der Waals surface area contributed by atoms with Crippen LogP contribution in [0.25, 0.3) is 0 Å². The first-order chi connectivity index (χ1) is 14.1. The van der Waals surface area contributed by atoms with E-state index in [9.17, 15) is 4.79 Å². The van der Waals surface area contributed by atoms with Gasteiger partial charge in [0.25, 0.3) is 5.91 Å². The highest BCUT2D eigenvalue weighted by molar-refractivity contribution is 6.32. The van der Waals surface area contributed by atoms with Crippen LogP contribution in [0.15, 0.2) is 30.5 Å². The van der Waals surface area contributed by atoms with Gasteiger partial charge in [-0.2, -0.15) is 0 Å². The van der Waals surface area contributed by atoms with Crippen molar-refractivity contribution in [3.05, 3.63) is 41.0 Å². The lowest BCUT2D eigenvalue weighted by atomic mass is 10.1. The van der Waals surface area contributed by atoms with Gasteiger partial charge in [0.15, 0.2) is 11.5 Å². The van der Waals surface area contributed by atoms with Crippen LogP contribution >= 0.6 is 11.6 Å². The van der Waals surface area contributed by atoms with E-state index >= 15 is 0 Å². The summed E-state index contributed by atoms with van der Waals surface area (Å²) < 4.78 is 16.7. The molecule has 1 aliphatic rings. The molecule has 2 aromatic rings. The fraction of sp³-hybridized carbons (Fsp3) is 0.429. The van der Waals surface area contributed by atoms with Gasteiger partial charge in [-0.15, -0.1) is 0 Å². The van der Waals surface area contributed by atoms with Crippen LogP contribution in [-0.4, -0.2) is 50.4 Å². The number of halogens is 1. The Morgan fingerprint density at radius 3 is 2.69 bits per heavy atom. The summed E-state index contributed by atoms with van der Waals surface area (Å²) in [6.07, 6.45) is 2.49. The SMILES string of the molecule is CCCOc1c(Cl)cc(C(=O)Nc2ccc(N3CCOCC3)nc2)cc1OCC. The molecule has 3 rings (SSSR count). The van der Waals surface area contributed by atoms with Crippen LogP contribution < -0.4 is 19.7 Å². The van der Waals surface area contributed by atoms with Crippen LogP contribution in [0, 0.1) is 0 Å². The molecule has 1 aliphatic heterocycles. The van der Waals surface area contributed by atoms with Crippen LogP contribution in [0.1, 0.15) is 30.6 Å². The minimum atomic E-state index is -0.296. The number of pyridine rings is 1. The van der Waals surface area contributed by atoms with Crippen molar-refractivity contribution in [2.75, 3.05) is 49.7 Å². The van der Waals surface area contributed by atoms with Gasteiger partial charge >= 0.3 is 0 Å². The molecule has 1 fully saturated rings. The lowest BCUT2D eigenvalue weighted by Gasteiger charge is -2.27. The number of ether oxygens (including phenoxy) is 3. The molecule has 0 aliphatic carbocycles. The summed E-state index contributed by atoms with van der Waals surface area (Å²) >= 11 is 6.35. The van der Waals surface area contributed by atoms with Crippen molar-refractivity contribution < 1.29 is 19.0 Å². The summed E-state index contributed by atoms with van der Waals surface area (Å²) in [6.45, 7) is 7.85. The zero-order valence-electron chi connectivity index (χ0n) is 16.7. The van der Waals surface area contributed by atoms with Gasteiger partial charge in [-0.1, -0.05) is 18.5 Å². The van der Waals surface area contributed by atoms with Crippen molar-refractivity contribution in [3.63, 3.8) is 0 Å². The van der Waals surface area contributed by atoms with E-state index in [2.05, 4.69) is 15.2 Å². The topological polar surface area (TPSA) is 72.9 Å². The number of hydrogen-bond donors (Lipinski definition) is 1. The van der Waals surface area contributed by atoms with E-state index in [0.717, 1.165) is 25.3 Å². The molecule has 1 saturated heterocycles. The average molecular weight is 420 g/mol. The monoisotopic (exact) mass is 419 g/mol. The van der Waals surface area contributed by atoms with Gasteiger partial charge in [0.2, 0.25) is 0 Å². The molecule has 0 bridgehead atoms. The number of carbonyl (C=O) groups is 1. The molecule has 1 amide bonds. The Balaban J connectivity index is 1.72. The van der Waals surface area contributed by atoms with Crippen molar-refractivity contribution in [1.29, 1.82) is 0 Å². The second-order valence-corrected chi connectivity index (χ2v) is 6.93. The number of aromatic nitrogens is 1. The third-order valence-electron chi connectivity index (χ3n) is 4.36. The van der Waals surface area contributed by atoms with Crippen molar-refractivity contribution in [2.24, 2.45) is 0 Å². The van der Waals surface area contributed by atoms with E-state index in [4.69, 9.17) is 25.8 Å². The van der Waals surface area contributed by atoms with Gasteiger partial charge in [0, 0.05) is 18.7 Å². The lowest BCUT2D eigenvalue weighted by Crippen LogP contribution is -2.36. The summed E-state index contributed by atoms with van der Waals surface area (Å²) in [6, 6.07) is 6.95. The highest BCUT2D eigenvalue weighted by atomic mass is 35.5. The zero-order valence-corrected chi connectivity index (χ0v) is 17.5. The maximum atomic E-state index is 12.7. The third-order valence-corrected chi connectivity index (χ3v) is 4.64. The number of anilines is 2. The maximum absolute atomic E-state index is 12.7. The molecular weight excluding hydrogens is 394 g/mol. The summed E-state index contributed by atoms with van der Waals surface area (Å²) in [5.41, 5.74) is 0.993. The molecule has 0 spiro atoms. The number of nitrogens with one attached hydrogen (secondary N) is 1. The molecule has 8 heteroatoms. The number of nitrogens with zero attached hydrogens (tertiary/aromatic N) is 2. The molecule has 2 heterocycles. The Morgan fingerprint density at radius 1 is 1.24 bits per heavy atom. The predicted molar refractivity (Wildman–Crippen MR) is 114 cm³/mol. The number of hydrogen-bond acceptors (Lipinski definition) is 6. The average Bonchev–Trinajstić information content (AvgIpc) is 2.74. The van der Waals surface area contributed by atoms with E-state index in [-0.39, 0.29) is 5.91 Å². The molecule has 0 saturated carbocycles. The van der Waals surface area contributed by atoms with Crippen molar-refractivity contribution in [3.8, 4) is 11.5 Å². The van der Waals surface area contributed by atoms with E-state index in [0.29, 0.717) is 54.2 Å². The first-order valence-electron chi connectivity index (χ1n) is 9.81. The summed E-state index contributed by atoms with van der Waals surface area (Å²) in [4.78, 5) is 19.3. The van der Waals surface area contributed by atoms with Crippen LogP contribution in [-0.2, 0) is 4.74 Å². The Labute approximate surface area is 175 Å². The molecular formula is C21H26ClN3O4. The van der Waals surface area contributed by atoms with Gasteiger partial charge in [-0.25, -0.2) is 4.98 Å². The number of amides is 1. The largest absolute Gasteiger partial charge is 0.490 e.